The fourth-order valence-corrected chi connectivity index (χ4v) is 4.43. The first kappa shape index (κ1) is 22.5. The highest BCUT2D eigenvalue weighted by atomic mass is 16.5. The van der Waals surface area contributed by atoms with E-state index in [1.165, 1.54) is 10.8 Å². The first-order valence-electron chi connectivity index (χ1n) is 11.7. The molecular formula is C30H27NO4. The molecule has 0 aliphatic carbocycles. The number of rotatable bonds is 7. The number of hydrogen-bond donors (Lipinski definition) is 1. The van der Waals surface area contributed by atoms with Crippen molar-refractivity contribution in [3.63, 3.8) is 0 Å². The Morgan fingerprint density at radius 2 is 1.86 bits per heavy atom. The van der Waals surface area contributed by atoms with Crippen LogP contribution < -0.4 is 10.1 Å². The topological polar surface area (TPSA) is 64.6 Å². The summed E-state index contributed by atoms with van der Waals surface area (Å²) in [6.45, 7) is 6.71. The molecule has 5 nitrogen and oxygen atoms in total. The lowest BCUT2D eigenvalue weighted by Gasteiger charge is -2.15. The molecule has 0 aliphatic rings. The van der Waals surface area contributed by atoms with Crippen LogP contribution in [0.5, 0.6) is 5.75 Å². The van der Waals surface area contributed by atoms with Gasteiger partial charge in [0.1, 0.15) is 17.1 Å². The molecule has 1 amide bonds. The maximum absolute atomic E-state index is 12.6. The number of ether oxygens (including phenoxy) is 1. The Bertz CT molecular complexity index is 1540. The van der Waals surface area contributed by atoms with E-state index in [4.69, 9.17) is 13.6 Å². The van der Waals surface area contributed by atoms with Gasteiger partial charge in [-0.05, 0) is 66.9 Å². The van der Waals surface area contributed by atoms with Crippen molar-refractivity contribution in [2.24, 2.45) is 0 Å². The molecule has 0 saturated heterocycles. The number of allylic oxidation sites excluding steroid dienone is 1. The van der Waals surface area contributed by atoms with E-state index in [1.54, 1.807) is 24.7 Å². The second-order valence-corrected chi connectivity index (χ2v) is 8.52. The smallest absolute Gasteiger partial charge is 0.244 e. The molecule has 0 fully saturated rings. The maximum atomic E-state index is 12.6. The zero-order chi connectivity index (χ0) is 24.4. The van der Waals surface area contributed by atoms with Gasteiger partial charge in [-0.2, -0.15) is 0 Å². The van der Waals surface area contributed by atoms with Crippen molar-refractivity contribution >= 4 is 33.2 Å². The number of carbonyl (C=O) groups excluding carboxylic acids is 1. The van der Waals surface area contributed by atoms with Crippen molar-refractivity contribution < 1.29 is 18.4 Å². The zero-order valence-corrected chi connectivity index (χ0v) is 20.1. The molecule has 0 spiro atoms. The second-order valence-electron chi connectivity index (χ2n) is 8.52. The molecule has 0 unspecified atom stereocenters. The predicted molar refractivity (Wildman–Crippen MR) is 139 cm³/mol. The summed E-state index contributed by atoms with van der Waals surface area (Å²) in [7, 11) is 0. The third-order valence-electron chi connectivity index (χ3n) is 6.18. The van der Waals surface area contributed by atoms with Crippen LogP contribution in [-0.2, 0) is 11.3 Å². The lowest BCUT2D eigenvalue weighted by molar-refractivity contribution is -0.116. The van der Waals surface area contributed by atoms with Crippen LogP contribution in [-0.4, -0.2) is 12.5 Å². The molecule has 5 heteroatoms. The molecule has 2 heterocycles. The van der Waals surface area contributed by atoms with Gasteiger partial charge in [0.2, 0.25) is 5.91 Å². The number of benzene rings is 3. The number of carbonyl (C=O) groups is 1. The van der Waals surface area contributed by atoms with Crippen molar-refractivity contribution in [2.45, 2.75) is 27.3 Å². The molecule has 0 bridgehead atoms. The third kappa shape index (κ3) is 4.45. The van der Waals surface area contributed by atoms with E-state index in [2.05, 4.69) is 41.7 Å². The minimum Gasteiger partial charge on any atom is -0.493 e. The first-order chi connectivity index (χ1) is 17.0. The summed E-state index contributed by atoms with van der Waals surface area (Å²) < 4.78 is 17.4. The Balaban J connectivity index is 1.56. The van der Waals surface area contributed by atoms with Crippen LogP contribution in [0, 0.1) is 6.92 Å². The van der Waals surface area contributed by atoms with Crippen molar-refractivity contribution in [3.8, 4) is 16.9 Å². The highest BCUT2D eigenvalue weighted by Gasteiger charge is 2.19. The van der Waals surface area contributed by atoms with Crippen LogP contribution in [0.4, 0.5) is 0 Å². The Hall–Kier alpha value is -4.25. The third-order valence-corrected chi connectivity index (χ3v) is 6.18. The molecule has 0 aliphatic heterocycles. The number of aryl methyl sites for hydroxylation is 1. The van der Waals surface area contributed by atoms with Gasteiger partial charge in [0.05, 0.1) is 25.7 Å². The Labute approximate surface area is 204 Å². The Morgan fingerprint density at radius 3 is 2.63 bits per heavy atom. The fraction of sp³-hybridized carbons (Fsp3) is 0.167. The van der Waals surface area contributed by atoms with E-state index in [-0.39, 0.29) is 5.91 Å². The number of nitrogens with one attached hydrogen (secondary N) is 1. The highest BCUT2D eigenvalue weighted by molar-refractivity contribution is 6.02. The molecule has 1 N–H and O–H groups in total. The standard InChI is InChI=1S/C30H27NO4/c1-4-33-29-20(3)30-26(16-25(29)19(2)14-28(32)31-17-24-10-7-13-34-24)27(18-35-30)23-12-11-21-8-5-6-9-22(21)15-23/h5-16,18H,4,17H2,1-3H3,(H,31,32)/b19-14+. The van der Waals surface area contributed by atoms with E-state index < -0.39 is 0 Å². The minimum absolute atomic E-state index is 0.193. The van der Waals surface area contributed by atoms with Crippen LogP contribution in [0.25, 0.3) is 38.4 Å². The van der Waals surface area contributed by atoms with Gasteiger partial charge in [-0.15, -0.1) is 0 Å². The summed E-state index contributed by atoms with van der Waals surface area (Å²) in [6, 6.07) is 20.4. The van der Waals surface area contributed by atoms with Gasteiger partial charge in [-0.3, -0.25) is 4.79 Å². The monoisotopic (exact) mass is 465 g/mol. The van der Waals surface area contributed by atoms with Gasteiger partial charge in [0.25, 0.3) is 0 Å². The molecule has 5 aromatic rings. The van der Waals surface area contributed by atoms with E-state index >= 15 is 0 Å². The minimum atomic E-state index is -0.193. The summed E-state index contributed by atoms with van der Waals surface area (Å²) in [5, 5.41) is 6.22. The van der Waals surface area contributed by atoms with Crippen molar-refractivity contribution in [1.82, 2.24) is 5.32 Å². The van der Waals surface area contributed by atoms with Crippen molar-refractivity contribution in [1.29, 1.82) is 0 Å². The van der Waals surface area contributed by atoms with Gasteiger partial charge >= 0.3 is 0 Å². The summed E-state index contributed by atoms with van der Waals surface area (Å²) in [4.78, 5) is 12.6. The Kier molecular flexibility index (Phi) is 6.15. The predicted octanol–water partition coefficient (Wildman–Crippen LogP) is 7.27. The molecule has 0 saturated carbocycles. The van der Waals surface area contributed by atoms with Gasteiger partial charge < -0.3 is 18.9 Å². The summed E-state index contributed by atoms with van der Waals surface area (Å²) in [6.07, 6.45) is 4.99. The highest BCUT2D eigenvalue weighted by Crippen LogP contribution is 2.41. The van der Waals surface area contributed by atoms with Crippen molar-refractivity contribution in [3.05, 3.63) is 96.2 Å². The second kappa shape index (κ2) is 9.55. The van der Waals surface area contributed by atoms with Gasteiger partial charge in [-0.1, -0.05) is 36.4 Å². The van der Waals surface area contributed by atoms with E-state index in [0.29, 0.717) is 18.9 Å². The van der Waals surface area contributed by atoms with Crippen LogP contribution >= 0.6 is 0 Å². The van der Waals surface area contributed by atoms with Crippen LogP contribution in [0.3, 0.4) is 0 Å². The van der Waals surface area contributed by atoms with Gasteiger partial charge in [0, 0.05) is 28.2 Å². The maximum Gasteiger partial charge on any atom is 0.244 e. The molecule has 176 valence electrons. The van der Waals surface area contributed by atoms with Gasteiger partial charge in [-0.25, -0.2) is 0 Å². The van der Waals surface area contributed by atoms with Gasteiger partial charge in [0.15, 0.2) is 0 Å². The van der Waals surface area contributed by atoms with E-state index in [9.17, 15) is 4.79 Å². The van der Waals surface area contributed by atoms with Crippen LogP contribution in [0.1, 0.15) is 30.7 Å². The number of furan rings is 2. The summed E-state index contributed by atoms with van der Waals surface area (Å²) in [5.74, 6) is 1.24. The summed E-state index contributed by atoms with van der Waals surface area (Å²) in [5.41, 5.74) is 5.46. The lowest BCUT2D eigenvalue weighted by Crippen LogP contribution is -2.20. The van der Waals surface area contributed by atoms with Crippen LogP contribution in [0.2, 0.25) is 0 Å². The zero-order valence-electron chi connectivity index (χ0n) is 20.1. The SMILES string of the molecule is CCOc1c(/C(C)=C/C(=O)NCc2ccco2)cc2c(-c3ccc4ccccc4c3)coc2c1C. The fourth-order valence-electron chi connectivity index (χ4n) is 4.43. The van der Waals surface area contributed by atoms with E-state index in [0.717, 1.165) is 44.5 Å². The number of hydrogen-bond acceptors (Lipinski definition) is 4. The number of amides is 1. The largest absolute Gasteiger partial charge is 0.493 e. The molecule has 35 heavy (non-hydrogen) atoms. The molecule has 2 aromatic heterocycles. The molecule has 5 rings (SSSR count). The summed E-state index contributed by atoms with van der Waals surface area (Å²) >= 11 is 0. The quantitative estimate of drug-likeness (QED) is 0.257. The molecule has 3 aromatic carbocycles. The average molecular weight is 466 g/mol. The van der Waals surface area contributed by atoms with E-state index in [1.807, 2.05) is 39.0 Å². The Morgan fingerprint density at radius 1 is 1.03 bits per heavy atom. The first-order valence-corrected chi connectivity index (χ1v) is 11.7. The van der Waals surface area contributed by atoms with Crippen molar-refractivity contribution in [2.75, 3.05) is 6.61 Å². The average Bonchev–Trinajstić information content (AvgIpc) is 3.54. The lowest BCUT2D eigenvalue weighted by atomic mass is 9.95. The van der Waals surface area contributed by atoms with Crippen LogP contribution in [0.15, 0.2) is 88.1 Å². The molecule has 0 radical (unpaired) electrons. The molecule has 0 atom stereocenters. The normalized spacial score (nSPS) is 11.8. The number of fused-ring (bicyclic) bond motifs is 2. The molecular weight excluding hydrogens is 438 g/mol.